The molecule has 0 aromatic carbocycles. The Morgan fingerprint density at radius 1 is 1.30 bits per heavy atom. The van der Waals surface area contributed by atoms with Crippen molar-refractivity contribution in [1.29, 1.82) is 0 Å². The highest BCUT2D eigenvalue weighted by Gasteiger charge is 2.21. The molecule has 8 heteroatoms. The van der Waals surface area contributed by atoms with Crippen LogP contribution in [0, 0.1) is 5.92 Å². The van der Waals surface area contributed by atoms with Crippen LogP contribution in [0.25, 0.3) is 0 Å². The van der Waals surface area contributed by atoms with E-state index in [2.05, 4.69) is 50.8 Å². The first-order chi connectivity index (χ1) is 10.9. The Morgan fingerprint density at radius 3 is 2.57 bits per heavy atom. The number of hydrogen-bond acceptors (Lipinski definition) is 4. The zero-order valence-corrected chi connectivity index (χ0v) is 15.8. The predicted octanol–water partition coefficient (Wildman–Crippen LogP) is 2.58. The molecule has 0 bridgehead atoms. The van der Waals surface area contributed by atoms with Crippen molar-refractivity contribution < 1.29 is 9.59 Å². The van der Waals surface area contributed by atoms with Crippen molar-refractivity contribution in [3.63, 3.8) is 0 Å². The Bertz CT molecular complexity index is 541. The molecule has 0 atom stereocenters. The van der Waals surface area contributed by atoms with Crippen LogP contribution in [-0.2, 0) is 0 Å². The van der Waals surface area contributed by atoms with Crippen LogP contribution in [0.15, 0.2) is 15.9 Å². The van der Waals surface area contributed by atoms with E-state index in [0.29, 0.717) is 10.8 Å². The third-order valence-corrected chi connectivity index (χ3v) is 5.26. The lowest BCUT2D eigenvalue weighted by atomic mass is 10.0. The number of piperidine rings is 1. The number of hydrogen-bond donors (Lipinski definition) is 3. The summed E-state index contributed by atoms with van der Waals surface area (Å²) in [4.78, 5) is 26.7. The summed E-state index contributed by atoms with van der Waals surface area (Å²) < 4.78 is 0.875. The van der Waals surface area contributed by atoms with Gasteiger partial charge in [-0.3, -0.25) is 10.2 Å². The third-order valence-electron chi connectivity index (χ3n) is 3.63. The number of hydrazine groups is 1. The van der Waals surface area contributed by atoms with Crippen molar-refractivity contribution >= 4 is 39.2 Å². The molecule has 1 aromatic heterocycles. The summed E-state index contributed by atoms with van der Waals surface area (Å²) in [5, 5.41) is 2.91. The maximum Gasteiger partial charge on any atom is 0.333 e. The molecule has 1 saturated heterocycles. The van der Waals surface area contributed by atoms with Gasteiger partial charge in [0.15, 0.2) is 0 Å². The van der Waals surface area contributed by atoms with Crippen molar-refractivity contribution in [2.45, 2.75) is 32.7 Å². The van der Waals surface area contributed by atoms with Crippen molar-refractivity contribution in [2.75, 3.05) is 19.6 Å². The van der Waals surface area contributed by atoms with Gasteiger partial charge in [0.25, 0.3) is 5.91 Å². The number of thiophene rings is 1. The van der Waals surface area contributed by atoms with Gasteiger partial charge in [0.1, 0.15) is 0 Å². The number of urea groups is 1. The molecule has 23 heavy (non-hydrogen) atoms. The van der Waals surface area contributed by atoms with Gasteiger partial charge in [0, 0.05) is 25.7 Å². The van der Waals surface area contributed by atoms with Crippen molar-refractivity contribution in [3.05, 3.63) is 20.8 Å². The minimum atomic E-state index is -0.365. The quantitative estimate of drug-likeness (QED) is 0.677. The van der Waals surface area contributed by atoms with E-state index >= 15 is 0 Å². The van der Waals surface area contributed by atoms with Crippen LogP contribution in [0.2, 0.25) is 0 Å². The van der Waals surface area contributed by atoms with E-state index in [1.807, 2.05) is 0 Å². The molecule has 3 amide bonds. The highest BCUT2D eigenvalue weighted by molar-refractivity contribution is 9.11. The van der Waals surface area contributed by atoms with Gasteiger partial charge in [-0.05, 0) is 46.8 Å². The summed E-state index contributed by atoms with van der Waals surface area (Å²) >= 11 is 4.62. The molecular formula is C15H23BrN4O2S. The van der Waals surface area contributed by atoms with E-state index in [4.69, 9.17) is 0 Å². The fourth-order valence-corrected chi connectivity index (χ4v) is 3.89. The molecule has 1 aliphatic rings. The molecule has 6 nitrogen and oxygen atoms in total. The summed E-state index contributed by atoms with van der Waals surface area (Å²) in [6.07, 6.45) is 1.87. The summed E-state index contributed by atoms with van der Waals surface area (Å²) in [7, 11) is 0. The monoisotopic (exact) mass is 402 g/mol. The van der Waals surface area contributed by atoms with Crippen LogP contribution in [0.3, 0.4) is 0 Å². The lowest BCUT2D eigenvalue weighted by Gasteiger charge is -2.33. The van der Waals surface area contributed by atoms with E-state index in [-0.39, 0.29) is 18.0 Å². The molecule has 1 aromatic rings. The average Bonchev–Trinajstić information content (AvgIpc) is 2.93. The smallest absolute Gasteiger partial charge is 0.333 e. The molecule has 1 aliphatic heterocycles. The number of amides is 3. The zero-order chi connectivity index (χ0) is 16.8. The van der Waals surface area contributed by atoms with E-state index < -0.39 is 0 Å². The molecule has 128 valence electrons. The first-order valence-electron chi connectivity index (χ1n) is 7.78. The summed E-state index contributed by atoms with van der Waals surface area (Å²) in [5.41, 5.74) is 4.82. The summed E-state index contributed by atoms with van der Waals surface area (Å²) in [5.74, 6) is 0.345. The van der Waals surface area contributed by atoms with Crippen LogP contribution < -0.4 is 16.2 Å². The largest absolute Gasteiger partial charge is 0.334 e. The fourth-order valence-electron chi connectivity index (χ4n) is 2.61. The predicted molar refractivity (Wildman–Crippen MR) is 95.5 cm³/mol. The third kappa shape index (κ3) is 6.12. The molecule has 0 unspecified atom stereocenters. The number of carbonyl (C=O) groups excluding carboxylic acids is 2. The Hall–Kier alpha value is -1.12. The Balaban J connectivity index is 1.66. The van der Waals surface area contributed by atoms with Gasteiger partial charge in [0.2, 0.25) is 0 Å². The minimum absolute atomic E-state index is 0.159. The summed E-state index contributed by atoms with van der Waals surface area (Å²) in [6.45, 7) is 7.53. The molecule has 0 radical (unpaired) electrons. The topological polar surface area (TPSA) is 73.5 Å². The Kier molecular flexibility index (Phi) is 6.86. The molecule has 0 spiro atoms. The van der Waals surface area contributed by atoms with Crippen molar-refractivity contribution in [1.82, 2.24) is 21.1 Å². The highest BCUT2D eigenvalue weighted by Crippen LogP contribution is 2.21. The SMILES string of the molecule is CC(C)CN1CCC(NC(=O)NNC(=O)c2ccc(Br)s2)CC1. The first-order valence-corrected chi connectivity index (χ1v) is 9.39. The minimum Gasteiger partial charge on any atom is -0.334 e. The zero-order valence-electron chi connectivity index (χ0n) is 13.4. The number of carbonyl (C=O) groups is 2. The number of rotatable bonds is 4. The van der Waals surface area contributed by atoms with E-state index in [1.165, 1.54) is 11.3 Å². The lowest BCUT2D eigenvalue weighted by molar-refractivity contribution is 0.0939. The second kappa shape index (κ2) is 8.65. The molecule has 1 fully saturated rings. The molecule has 2 heterocycles. The van der Waals surface area contributed by atoms with Gasteiger partial charge in [-0.15, -0.1) is 11.3 Å². The summed E-state index contributed by atoms with van der Waals surface area (Å²) in [6, 6.07) is 3.29. The van der Waals surface area contributed by atoms with Crippen LogP contribution in [0.1, 0.15) is 36.4 Å². The Labute approximate surface area is 149 Å². The van der Waals surface area contributed by atoms with Crippen LogP contribution in [-0.4, -0.2) is 42.5 Å². The first kappa shape index (κ1) is 18.2. The van der Waals surface area contributed by atoms with E-state index in [0.717, 1.165) is 36.3 Å². The van der Waals surface area contributed by atoms with Crippen LogP contribution >= 0.6 is 27.3 Å². The number of nitrogens with zero attached hydrogens (tertiary/aromatic N) is 1. The fraction of sp³-hybridized carbons (Fsp3) is 0.600. The van der Waals surface area contributed by atoms with Gasteiger partial charge in [-0.1, -0.05) is 13.8 Å². The molecule has 3 N–H and O–H groups in total. The second-order valence-electron chi connectivity index (χ2n) is 6.13. The lowest BCUT2D eigenvalue weighted by Crippen LogP contribution is -2.52. The molecule has 0 saturated carbocycles. The average molecular weight is 403 g/mol. The standard InChI is InChI=1S/C15H23BrN4O2S/c1-10(2)9-20-7-5-11(6-8-20)17-15(22)19-18-14(21)12-3-4-13(16)23-12/h3-4,10-11H,5-9H2,1-2H3,(H,18,21)(H2,17,19,22). The number of halogens is 1. The van der Waals surface area contributed by atoms with Gasteiger partial charge in [-0.25, -0.2) is 10.2 Å². The normalized spacial score (nSPS) is 16.3. The number of likely N-dealkylation sites (tertiary alicyclic amines) is 1. The van der Waals surface area contributed by atoms with Crippen LogP contribution in [0.4, 0.5) is 4.79 Å². The maximum absolute atomic E-state index is 11.9. The van der Waals surface area contributed by atoms with Gasteiger partial charge >= 0.3 is 6.03 Å². The maximum atomic E-state index is 11.9. The molecular weight excluding hydrogens is 380 g/mol. The van der Waals surface area contributed by atoms with Gasteiger partial charge < -0.3 is 10.2 Å². The molecule has 0 aliphatic carbocycles. The Morgan fingerprint density at radius 2 is 2.00 bits per heavy atom. The van der Waals surface area contributed by atoms with Crippen molar-refractivity contribution in [3.8, 4) is 0 Å². The second-order valence-corrected chi connectivity index (χ2v) is 8.59. The molecule has 2 rings (SSSR count). The number of nitrogens with one attached hydrogen (secondary N) is 3. The van der Waals surface area contributed by atoms with E-state index in [9.17, 15) is 9.59 Å². The van der Waals surface area contributed by atoms with Gasteiger partial charge in [0.05, 0.1) is 8.66 Å². The van der Waals surface area contributed by atoms with E-state index in [1.54, 1.807) is 12.1 Å². The van der Waals surface area contributed by atoms with Gasteiger partial charge in [-0.2, -0.15) is 0 Å². The van der Waals surface area contributed by atoms with Crippen molar-refractivity contribution in [2.24, 2.45) is 5.92 Å². The highest BCUT2D eigenvalue weighted by atomic mass is 79.9. The van der Waals surface area contributed by atoms with Crippen LogP contribution in [0.5, 0.6) is 0 Å².